The lowest BCUT2D eigenvalue weighted by molar-refractivity contribution is 0.0696. The number of ether oxygens (including phenoxy) is 1. The van der Waals surface area contributed by atoms with E-state index in [0.29, 0.717) is 13.2 Å². The highest BCUT2D eigenvalue weighted by Gasteiger charge is 2.04. The van der Waals surface area contributed by atoms with Gasteiger partial charge in [0, 0.05) is 32.5 Å². The molecular weight excluding hydrogens is 210 g/mol. The first-order chi connectivity index (χ1) is 7.65. The number of aromatic carboxylic acids is 1. The van der Waals surface area contributed by atoms with Crippen LogP contribution in [0, 0.1) is 0 Å². The van der Waals surface area contributed by atoms with Crippen LogP contribution in [-0.2, 0) is 11.3 Å². The number of hydrogen-bond donors (Lipinski definition) is 1. The maximum absolute atomic E-state index is 11.5. The number of rotatable bonds is 6. The predicted octanol–water partition coefficient (Wildman–Crippen LogP) is 0.973. The average molecular weight is 225 g/mol. The Morgan fingerprint density at radius 1 is 1.50 bits per heavy atom. The quantitative estimate of drug-likeness (QED) is 0.732. The van der Waals surface area contributed by atoms with Gasteiger partial charge < -0.3 is 14.4 Å². The Morgan fingerprint density at radius 3 is 2.81 bits per heavy atom. The first-order valence-corrected chi connectivity index (χ1v) is 5.08. The van der Waals surface area contributed by atoms with Gasteiger partial charge in [0.25, 0.3) is 5.56 Å². The normalized spacial score (nSPS) is 10.3. The summed E-state index contributed by atoms with van der Waals surface area (Å²) in [6.45, 7) is 1.25. The van der Waals surface area contributed by atoms with Gasteiger partial charge in [-0.25, -0.2) is 4.79 Å². The van der Waals surface area contributed by atoms with Gasteiger partial charge in [-0.3, -0.25) is 4.79 Å². The molecule has 0 aliphatic carbocycles. The van der Waals surface area contributed by atoms with Crippen molar-refractivity contribution >= 4 is 5.97 Å². The van der Waals surface area contributed by atoms with Crippen molar-refractivity contribution in [2.75, 3.05) is 13.7 Å². The standard InChI is InChI=1S/C11H15NO4/c1-16-7-3-2-5-12-6-4-9(11(14)15)8-10(12)13/h4,6,8H,2-3,5,7H2,1H3,(H,14,15). The van der Waals surface area contributed by atoms with Crippen LogP contribution in [0.5, 0.6) is 0 Å². The third-order valence-electron chi connectivity index (χ3n) is 2.24. The Balaban J connectivity index is 2.61. The van der Waals surface area contributed by atoms with Gasteiger partial charge in [0.05, 0.1) is 5.56 Å². The van der Waals surface area contributed by atoms with Crippen molar-refractivity contribution < 1.29 is 14.6 Å². The first-order valence-electron chi connectivity index (χ1n) is 5.08. The van der Waals surface area contributed by atoms with E-state index in [2.05, 4.69) is 0 Å². The first kappa shape index (κ1) is 12.4. The van der Waals surface area contributed by atoms with Crippen molar-refractivity contribution in [1.29, 1.82) is 0 Å². The number of aromatic nitrogens is 1. The van der Waals surface area contributed by atoms with Crippen molar-refractivity contribution in [2.24, 2.45) is 0 Å². The fourth-order valence-electron chi connectivity index (χ4n) is 1.35. The summed E-state index contributed by atoms with van der Waals surface area (Å²) in [5, 5.41) is 8.68. The molecule has 0 aliphatic heterocycles. The number of nitrogens with zero attached hydrogens (tertiary/aromatic N) is 1. The van der Waals surface area contributed by atoms with Crippen LogP contribution >= 0.6 is 0 Å². The average Bonchev–Trinajstić information content (AvgIpc) is 2.26. The second-order valence-electron chi connectivity index (χ2n) is 3.45. The van der Waals surface area contributed by atoms with Crippen LogP contribution in [0.3, 0.4) is 0 Å². The second kappa shape index (κ2) is 6.07. The highest BCUT2D eigenvalue weighted by molar-refractivity contribution is 5.87. The monoisotopic (exact) mass is 225 g/mol. The Hall–Kier alpha value is -1.62. The maximum Gasteiger partial charge on any atom is 0.335 e. The highest BCUT2D eigenvalue weighted by Crippen LogP contribution is 1.97. The minimum Gasteiger partial charge on any atom is -0.478 e. The summed E-state index contributed by atoms with van der Waals surface area (Å²) in [5.74, 6) is -1.08. The molecule has 16 heavy (non-hydrogen) atoms. The van der Waals surface area contributed by atoms with Crippen LogP contribution in [0.2, 0.25) is 0 Å². The van der Waals surface area contributed by atoms with E-state index in [4.69, 9.17) is 9.84 Å². The molecule has 1 heterocycles. The molecule has 1 aromatic heterocycles. The lowest BCUT2D eigenvalue weighted by Gasteiger charge is -2.05. The van der Waals surface area contributed by atoms with Crippen molar-refractivity contribution in [2.45, 2.75) is 19.4 Å². The number of pyridine rings is 1. The Morgan fingerprint density at radius 2 is 2.25 bits per heavy atom. The van der Waals surface area contributed by atoms with Gasteiger partial charge in [0.1, 0.15) is 0 Å². The zero-order valence-electron chi connectivity index (χ0n) is 9.18. The van der Waals surface area contributed by atoms with E-state index < -0.39 is 5.97 Å². The zero-order chi connectivity index (χ0) is 12.0. The molecule has 0 saturated carbocycles. The van der Waals surface area contributed by atoms with Gasteiger partial charge in [0.15, 0.2) is 0 Å². The molecule has 5 nitrogen and oxygen atoms in total. The molecule has 0 saturated heterocycles. The number of aryl methyl sites for hydroxylation is 1. The van der Waals surface area contributed by atoms with E-state index in [1.807, 2.05) is 0 Å². The van der Waals surface area contributed by atoms with E-state index in [-0.39, 0.29) is 11.1 Å². The second-order valence-corrected chi connectivity index (χ2v) is 3.45. The molecule has 1 aromatic rings. The molecular formula is C11H15NO4. The Kier molecular flexibility index (Phi) is 4.72. The summed E-state index contributed by atoms with van der Waals surface area (Å²) in [6, 6.07) is 2.57. The van der Waals surface area contributed by atoms with Gasteiger partial charge in [-0.2, -0.15) is 0 Å². The minimum atomic E-state index is -1.08. The molecule has 0 aromatic carbocycles. The lowest BCUT2D eigenvalue weighted by Crippen LogP contribution is -2.20. The molecule has 0 unspecified atom stereocenters. The van der Waals surface area contributed by atoms with E-state index in [1.54, 1.807) is 7.11 Å². The number of hydrogen-bond acceptors (Lipinski definition) is 3. The third kappa shape index (κ3) is 3.51. The van der Waals surface area contributed by atoms with Gasteiger partial charge >= 0.3 is 5.97 Å². The van der Waals surface area contributed by atoms with Crippen LogP contribution in [-0.4, -0.2) is 29.4 Å². The van der Waals surface area contributed by atoms with Crippen molar-refractivity contribution in [1.82, 2.24) is 4.57 Å². The molecule has 0 radical (unpaired) electrons. The van der Waals surface area contributed by atoms with E-state index in [0.717, 1.165) is 18.9 Å². The smallest absolute Gasteiger partial charge is 0.335 e. The fourth-order valence-corrected chi connectivity index (χ4v) is 1.35. The van der Waals surface area contributed by atoms with Crippen LogP contribution in [0.15, 0.2) is 23.1 Å². The summed E-state index contributed by atoms with van der Waals surface area (Å²) < 4.78 is 6.40. The zero-order valence-corrected chi connectivity index (χ0v) is 9.18. The predicted molar refractivity (Wildman–Crippen MR) is 58.8 cm³/mol. The van der Waals surface area contributed by atoms with Gasteiger partial charge in [-0.05, 0) is 18.9 Å². The topological polar surface area (TPSA) is 68.5 Å². The maximum atomic E-state index is 11.5. The van der Waals surface area contributed by atoms with E-state index in [9.17, 15) is 9.59 Å². The van der Waals surface area contributed by atoms with E-state index in [1.165, 1.54) is 16.8 Å². The van der Waals surface area contributed by atoms with Crippen molar-refractivity contribution in [3.05, 3.63) is 34.2 Å². The number of carboxylic acid groups (broad SMARTS) is 1. The Labute approximate surface area is 93.3 Å². The molecule has 0 bridgehead atoms. The summed E-state index contributed by atoms with van der Waals surface area (Å²) in [6.07, 6.45) is 3.22. The molecule has 0 spiro atoms. The lowest BCUT2D eigenvalue weighted by atomic mass is 10.2. The number of methoxy groups -OCH3 is 1. The van der Waals surface area contributed by atoms with Crippen LogP contribution in [0.1, 0.15) is 23.2 Å². The number of carboxylic acids is 1. The molecule has 0 amide bonds. The van der Waals surface area contributed by atoms with Crippen LogP contribution < -0.4 is 5.56 Å². The summed E-state index contributed by atoms with van der Waals surface area (Å²) >= 11 is 0. The van der Waals surface area contributed by atoms with Gasteiger partial charge in [-0.15, -0.1) is 0 Å². The number of carbonyl (C=O) groups is 1. The van der Waals surface area contributed by atoms with Crippen molar-refractivity contribution in [3.8, 4) is 0 Å². The summed E-state index contributed by atoms with van der Waals surface area (Å²) in [4.78, 5) is 22.1. The third-order valence-corrected chi connectivity index (χ3v) is 2.24. The SMILES string of the molecule is COCCCCn1ccc(C(=O)O)cc1=O. The fraction of sp³-hybridized carbons (Fsp3) is 0.455. The molecule has 0 aliphatic rings. The number of unbranched alkanes of at least 4 members (excludes halogenated alkanes) is 1. The molecule has 1 N–H and O–H groups in total. The van der Waals surface area contributed by atoms with Gasteiger partial charge in [-0.1, -0.05) is 0 Å². The molecule has 5 heteroatoms. The van der Waals surface area contributed by atoms with E-state index >= 15 is 0 Å². The molecule has 0 atom stereocenters. The summed E-state index contributed by atoms with van der Waals surface area (Å²) in [7, 11) is 1.63. The minimum absolute atomic E-state index is 0.0261. The summed E-state index contributed by atoms with van der Waals surface area (Å²) in [5.41, 5.74) is -0.254. The van der Waals surface area contributed by atoms with Crippen LogP contribution in [0.25, 0.3) is 0 Å². The largest absolute Gasteiger partial charge is 0.478 e. The Bertz CT molecular complexity index is 411. The molecule has 1 rings (SSSR count). The molecule has 0 fully saturated rings. The van der Waals surface area contributed by atoms with Gasteiger partial charge in [0.2, 0.25) is 0 Å². The van der Waals surface area contributed by atoms with Crippen LogP contribution in [0.4, 0.5) is 0 Å². The highest BCUT2D eigenvalue weighted by atomic mass is 16.5. The molecule has 88 valence electrons. The van der Waals surface area contributed by atoms with Crippen molar-refractivity contribution in [3.63, 3.8) is 0 Å².